The largest absolute Gasteiger partial charge is 0.312 e. The average molecular weight is 241 g/mol. The molecule has 1 nitrogen and oxygen atoms in total. The molecule has 0 saturated heterocycles. The summed E-state index contributed by atoms with van der Waals surface area (Å²) in [5.74, 6) is 0.834. The summed E-state index contributed by atoms with van der Waals surface area (Å²) in [6, 6.07) is 6.94. The minimum absolute atomic E-state index is 0.115. The monoisotopic (exact) mass is 241 g/mol. The van der Waals surface area contributed by atoms with Crippen molar-refractivity contribution in [3.05, 3.63) is 30.1 Å². The van der Waals surface area contributed by atoms with E-state index in [1.165, 1.54) is 6.07 Å². The fourth-order valence-corrected chi connectivity index (χ4v) is 2.17. The van der Waals surface area contributed by atoms with Crippen LogP contribution in [0.3, 0.4) is 0 Å². The molecule has 0 unspecified atom stereocenters. The lowest BCUT2D eigenvalue weighted by molar-refractivity contribution is 0.427. The second-order valence-corrected chi connectivity index (χ2v) is 5.95. The summed E-state index contributed by atoms with van der Waals surface area (Å²) in [5, 5.41) is 3.42. The maximum absolute atomic E-state index is 13.3. The molecule has 0 heterocycles. The highest BCUT2D eigenvalue weighted by atomic mass is 32.2. The Kier molecular flexibility index (Phi) is 5.29. The molecule has 0 aliphatic carbocycles. The van der Waals surface area contributed by atoms with Crippen LogP contribution in [0.4, 0.5) is 4.39 Å². The lowest BCUT2D eigenvalue weighted by Crippen LogP contribution is -2.36. The Hall–Kier alpha value is -0.540. The van der Waals surface area contributed by atoms with Crippen molar-refractivity contribution in [3.8, 4) is 0 Å². The van der Waals surface area contributed by atoms with Gasteiger partial charge in [-0.05, 0) is 51.6 Å². The summed E-state index contributed by atoms with van der Waals surface area (Å²) in [6.07, 6.45) is 1.05. The summed E-state index contributed by atoms with van der Waals surface area (Å²) >= 11 is 1.58. The van der Waals surface area contributed by atoms with E-state index in [0.717, 1.165) is 23.6 Å². The predicted molar refractivity (Wildman–Crippen MR) is 69.5 cm³/mol. The Morgan fingerprint density at radius 2 is 1.94 bits per heavy atom. The highest BCUT2D eigenvalue weighted by Gasteiger charge is 2.07. The molecule has 1 rings (SSSR count). The minimum atomic E-state index is -0.115. The predicted octanol–water partition coefficient (Wildman–Crippen LogP) is 3.70. The number of rotatable bonds is 5. The van der Waals surface area contributed by atoms with Gasteiger partial charge in [-0.3, -0.25) is 0 Å². The van der Waals surface area contributed by atoms with E-state index in [1.54, 1.807) is 17.8 Å². The summed E-state index contributed by atoms with van der Waals surface area (Å²) in [5.41, 5.74) is 0.169. The van der Waals surface area contributed by atoms with Gasteiger partial charge >= 0.3 is 0 Å². The van der Waals surface area contributed by atoms with E-state index in [4.69, 9.17) is 0 Å². The summed E-state index contributed by atoms with van der Waals surface area (Å²) in [7, 11) is 0. The van der Waals surface area contributed by atoms with Gasteiger partial charge in [0.2, 0.25) is 0 Å². The first-order valence-electron chi connectivity index (χ1n) is 5.61. The standard InChI is InChI=1S/C13H20FNS/c1-13(2,3)15-9-6-10-16-12-8-5-4-7-11(12)14/h4-5,7-8,15H,6,9-10H2,1-3H3. The number of nitrogens with one attached hydrogen (secondary N) is 1. The third-order valence-electron chi connectivity index (χ3n) is 2.07. The molecule has 1 aromatic carbocycles. The topological polar surface area (TPSA) is 12.0 Å². The van der Waals surface area contributed by atoms with Crippen molar-refractivity contribution in [3.63, 3.8) is 0 Å². The quantitative estimate of drug-likeness (QED) is 0.623. The van der Waals surface area contributed by atoms with Crippen molar-refractivity contribution in [1.82, 2.24) is 5.32 Å². The van der Waals surface area contributed by atoms with Gasteiger partial charge in [-0.15, -0.1) is 11.8 Å². The number of hydrogen-bond acceptors (Lipinski definition) is 2. The van der Waals surface area contributed by atoms with E-state index in [9.17, 15) is 4.39 Å². The van der Waals surface area contributed by atoms with E-state index in [1.807, 2.05) is 12.1 Å². The Labute approximate surface area is 102 Å². The zero-order valence-electron chi connectivity index (χ0n) is 10.2. The third kappa shape index (κ3) is 5.52. The molecule has 1 N–H and O–H groups in total. The second-order valence-electron chi connectivity index (χ2n) is 4.81. The van der Waals surface area contributed by atoms with Crippen molar-refractivity contribution < 1.29 is 4.39 Å². The molecule has 0 bridgehead atoms. The smallest absolute Gasteiger partial charge is 0.136 e. The van der Waals surface area contributed by atoms with Gasteiger partial charge in [-0.25, -0.2) is 4.39 Å². The molecule has 0 atom stereocenters. The molecule has 0 aromatic heterocycles. The molecule has 3 heteroatoms. The molecule has 90 valence electrons. The molecular formula is C13H20FNS. The van der Waals surface area contributed by atoms with Crippen LogP contribution < -0.4 is 5.32 Å². The van der Waals surface area contributed by atoms with Gasteiger partial charge in [-0.1, -0.05) is 12.1 Å². The Balaban J connectivity index is 2.19. The van der Waals surface area contributed by atoms with Gasteiger partial charge in [0, 0.05) is 10.4 Å². The maximum atomic E-state index is 13.3. The fraction of sp³-hybridized carbons (Fsp3) is 0.538. The molecule has 0 spiro atoms. The normalized spacial score (nSPS) is 11.8. The molecular weight excluding hydrogens is 221 g/mol. The maximum Gasteiger partial charge on any atom is 0.136 e. The first-order chi connectivity index (χ1) is 7.49. The van der Waals surface area contributed by atoms with Gasteiger partial charge in [0.25, 0.3) is 0 Å². The first kappa shape index (κ1) is 13.5. The van der Waals surface area contributed by atoms with Crippen molar-refractivity contribution in [2.24, 2.45) is 0 Å². The minimum Gasteiger partial charge on any atom is -0.312 e. The van der Waals surface area contributed by atoms with Crippen LogP contribution in [-0.2, 0) is 0 Å². The van der Waals surface area contributed by atoms with Gasteiger partial charge in [0.15, 0.2) is 0 Å². The molecule has 1 aromatic rings. The Morgan fingerprint density at radius 1 is 1.25 bits per heavy atom. The van der Waals surface area contributed by atoms with Crippen LogP contribution in [0.5, 0.6) is 0 Å². The highest BCUT2D eigenvalue weighted by Crippen LogP contribution is 2.21. The number of halogens is 1. The van der Waals surface area contributed by atoms with E-state index in [0.29, 0.717) is 0 Å². The Bertz CT molecular complexity index is 320. The molecule has 16 heavy (non-hydrogen) atoms. The van der Waals surface area contributed by atoms with Crippen molar-refractivity contribution >= 4 is 11.8 Å². The summed E-state index contributed by atoms with van der Waals surface area (Å²) < 4.78 is 13.3. The van der Waals surface area contributed by atoms with E-state index in [2.05, 4.69) is 26.1 Å². The van der Waals surface area contributed by atoms with Crippen LogP contribution >= 0.6 is 11.8 Å². The van der Waals surface area contributed by atoms with Crippen LogP contribution in [-0.4, -0.2) is 17.8 Å². The fourth-order valence-electron chi connectivity index (χ4n) is 1.28. The van der Waals surface area contributed by atoms with E-state index < -0.39 is 0 Å². The summed E-state index contributed by atoms with van der Waals surface area (Å²) in [6.45, 7) is 7.43. The van der Waals surface area contributed by atoms with E-state index >= 15 is 0 Å². The van der Waals surface area contributed by atoms with Gasteiger partial charge in [0.1, 0.15) is 5.82 Å². The van der Waals surface area contributed by atoms with Gasteiger partial charge < -0.3 is 5.32 Å². The van der Waals surface area contributed by atoms with Crippen LogP contribution in [0.2, 0.25) is 0 Å². The van der Waals surface area contributed by atoms with Crippen molar-refractivity contribution in [2.75, 3.05) is 12.3 Å². The third-order valence-corrected chi connectivity index (χ3v) is 3.21. The molecule has 0 aliphatic rings. The second kappa shape index (κ2) is 6.26. The van der Waals surface area contributed by atoms with Gasteiger partial charge in [-0.2, -0.15) is 0 Å². The van der Waals surface area contributed by atoms with Gasteiger partial charge in [0.05, 0.1) is 0 Å². The average Bonchev–Trinajstić information content (AvgIpc) is 2.18. The highest BCUT2D eigenvalue weighted by molar-refractivity contribution is 7.99. The lowest BCUT2D eigenvalue weighted by atomic mass is 10.1. The number of hydrogen-bond donors (Lipinski definition) is 1. The van der Waals surface area contributed by atoms with Crippen LogP contribution in [0.15, 0.2) is 29.2 Å². The molecule has 0 aliphatic heterocycles. The van der Waals surface area contributed by atoms with Crippen LogP contribution in [0.1, 0.15) is 27.2 Å². The Morgan fingerprint density at radius 3 is 2.56 bits per heavy atom. The van der Waals surface area contributed by atoms with E-state index in [-0.39, 0.29) is 11.4 Å². The summed E-state index contributed by atoms with van der Waals surface area (Å²) in [4.78, 5) is 0.748. The van der Waals surface area contributed by atoms with Crippen molar-refractivity contribution in [2.45, 2.75) is 37.6 Å². The molecule has 0 amide bonds. The van der Waals surface area contributed by atoms with Crippen molar-refractivity contribution in [1.29, 1.82) is 0 Å². The van der Waals surface area contributed by atoms with Crippen LogP contribution in [0.25, 0.3) is 0 Å². The van der Waals surface area contributed by atoms with Crippen LogP contribution in [0, 0.1) is 5.82 Å². The SMILES string of the molecule is CC(C)(C)NCCCSc1ccccc1F. The zero-order valence-corrected chi connectivity index (χ0v) is 11.0. The number of thioether (sulfide) groups is 1. The first-order valence-corrected chi connectivity index (χ1v) is 6.60. The molecule has 0 saturated carbocycles. The molecule has 0 radical (unpaired) electrons. The molecule has 0 fully saturated rings. The number of benzene rings is 1. The zero-order chi connectivity index (χ0) is 12.0. The lowest BCUT2D eigenvalue weighted by Gasteiger charge is -2.20.